The standard InChI is InChI=1S/C11H10N2O4S2/c14-11(15)8-5-10(18-7-8)19(16,17)13-6-9-3-1-2-4-12-9/h1-5,7,13H,6H2,(H,14,15). The van der Waals surface area contributed by atoms with Crippen LogP contribution in [-0.4, -0.2) is 24.5 Å². The molecule has 8 heteroatoms. The number of hydrogen-bond donors (Lipinski definition) is 2. The fourth-order valence-corrected chi connectivity index (χ4v) is 3.51. The van der Waals surface area contributed by atoms with E-state index in [1.165, 1.54) is 5.38 Å². The molecule has 0 atom stereocenters. The monoisotopic (exact) mass is 298 g/mol. The number of pyridine rings is 1. The summed E-state index contributed by atoms with van der Waals surface area (Å²) >= 11 is 0.868. The molecule has 0 aliphatic heterocycles. The molecule has 6 nitrogen and oxygen atoms in total. The Labute approximate surface area is 113 Å². The molecule has 2 aromatic heterocycles. The van der Waals surface area contributed by atoms with E-state index in [2.05, 4.69) is 9.71 Å². The minimum absolute atomic E-state index is 0.0270. The first kappa shape index (κ1) is 13.7. The van der Waals surface area contributed by atoms with Crippen LogP contribution in [0.4, 0.5) is 0 Å². The van der Waals surface area contributed by atoms with Crippen LogP contribution in [0.5, 0.6) is 0 Å². The lowest BCUT2D eigenvalue weighted by atomic mass is 10.4. The van der Waals surface area contributed by atoms with Crippen molar-refractivity contribution in [3.63, 3.8) is 0 Å². The number of carboxylic acid groups (broad SMARTS) is 1. The summed E-state index contributed by atoms with van der Waals surface area (Å²) < 4.78 is 26.2. The third kappa shape index (κ3) is 3.37. The highest BCUT2D eigenvalue weighted by Gasteiger charge is 2.18. The molecule has 2 aromatic rings. The Morgan fingerprint density at radius 3 is 2.79 bits per heavy atom. The number of carboxylic acids is 1. The topological polar surface area (TPSA) is 96.4 Å². The Bertz CT molecular complexity index is 680. The molecule has 2 rings (SSSR count). The predicted molar refractivity (Wildman–Crippen MR) is 69.5 cm³/mol. The van der Waals surface area contributed by atoms with Crippen molar-refractivity contribution in [2.24, 2.45) is 0 Å². The zero-order valence-corrected chi connectivity index (χ0v) is 11.2. The predicted octanol–water partition coefficient (Wildman–Crippen LogP) is 1.32. The molecule has 2 heterocycles. The van der Waals surface area contributed by atoms with Crippen molar-refractivity contribution in [1.29, 1.82) is 0 Å². The first-order valence-corrected chi connectivity index (χ1v) is 7.57. The van der Waals surface area contributed by atoms with Gasteiger partial charge in [0.05, 0.1) is 17.8 Å². The molecule has 100 valence electrons. The lowest BCUT2D eigenvalue weighted by Crippen LogP contribution is -2.22. The molecule has 0 bridgehead atoms. The van der Waals surface area contributed by atoms with Crippen molar-refractivity contribution < 1.29 is 18.3 Å². The third-order valence-electron chi connectivity index (χ3n) is 2.26. The molecule has 0 radical (unpaired) electrons. The number of nitrogens with one attached hydrogen (secondary N) is 1. The average Bonchev–Trinajstić information content (AvgIpc) is 2.88. The fourth-order valence-electron chi connectivity index (χ4n) is 1.31. The van der Waals surface area contributed by atoms with E-state index >= 15 is 0 Å². The highest BCUT2D eigenvalue weighted by atomic mass is 32.2. The Morgan fingerprint density at radius 2 is 2.21 bits per heavy atom. The van der Waals surface area contributed by atoms with E-state index in [1.807, 2.05) is 0 Å². The van der Waals surface area contributed by atoms with Crippen LogP contribution in [0.1, 0.15) is 16.1 Å². The van der Waals surface area contributed by atoms with Crippen molar-refractivity contribution in [2.75, 3.05) is 0 Å². The van der Waals surface area contributed by atoms with Gasteiger partial charge in [-0.05, 0) is 18.2 Å². The number of sulfonamides is 1. The maximum absolute atomic E-state index is 11.9. The molecule has 0 saturated carbocycles. The van der Waals surface area contributed by atoms with E-state index in [0.29, 0.717) is 5.69 Å². The van der Waals surface area contributed by atoms with Gasteiger partial charge in [-0.15, -0.1) is 11.3 Å². The van der Waals surface area contributed by atoms with Crippen LogP contribution in [0.2, 0.25) is 0 Å². The van der Waals surface area contributed by atoms with Crippen LogP contribution in [0.15, 0.2) is 40.1 Å². The average molecular weight is 298 g/mol. The number of rotatable bonds is 5. The minimum atomic E-state index is -3.71. The molecule has 0 unspecified atom stereocenters. The molecular formula is C11H10N2O4S2. The van der Waals surface area contributed by atoms with E-state index in [1.54, 1.807) is 24.4 Å². The Kier molecular flexibility index (Phi) is 3.93. The van der Waals surface area contributed by atoms with Gasteiger partial charge in [-0.25, -0.2) is 17.9 Å². The zero-order valence-electron chi connectivity index (χ0n) is 9.61. The van der Waals surface area contributed by atoms with Crippen molar-refractivity contribution >= 4 is 27.3 Å². The molecule has 0 aliphatic carbocycles. The number of nitrogens with zero attached hydrogens (tertiary/aromatic N) is 1. The summed E-state index contributed by atoms with van der Waals surface area (Å²) in [6.45, 7) is 0.0590. The second kappa shape index (κ2) is 5.47. The number of aromatic nitrogens is 1. The van der Waals surface area contributed by atoms with E-state index in [4.69, 9.17) is 5.11 Å². The number of hydrogen-bond acceptors (Lipinski definition) is 5. The first-order chi connectivity index (χ1) is 8.99. The van der Waals surface area contributed by atoms with Crippen LogP contribution >= 0.6 is 11.3 Å². The van der Waals surface area contributed by atoms with E-state index in [0.717, 1.165) is 17.4 Å². The molecule has 0 fully saturated rings. The van der Waals surface area contributed by atoms with Crippen molar-refractivity contribution in [2.45, 2.75) is 10.8 Å². The molecular weight excluding hydrogens is 288 g/mol. The number of aromatic carboxylic acids is 1. The lowest BCUT2D eigenvalue weighted by molar-refractivity contribution is 0.0697. The molecule has 0 aliphatic rings. The maximum atomic E-state index is 11.9. The zero-order chi connectivity index (χ0) is 13.9. The van der Waals surface area contributed by atoms with Gasteiger partial charge >= 0.3 is 5.97 Å². The van der Waals surface area contributed by atoms with Crippen LogP contribution < -0.4 is 4.72 Å². The van der Waals surface area contributed by atoms with Gasteiger partial charge in [0, 0.05) is 11.6 Å². The lowest BCUT2D eigenvalue weighted by Gasteiger charge is -2.03. The normalized spacial score (nSPS) is 11.4. The van der Waals surface area contributed by atoms with Crippen LogP contribution in [0.25, 0.3) is 0 Å². The Balaban J connectivity index is 2.12. The highest BCUT2D eigenvalue weighted by Crippen LogP contribution is 2.20. The van der Waals surface area contributed by atoms with E-state index in [-0.39, 0.29) is 16.3 Å². The van der Waals surface area contributed by atoms with Crippen molar-refractivity contribution in [3.8, 4) is 0 Å². The van der Waals surface area contributed by atoms with Crippen molar-refractivity contribution in [3.05, 3.63) is 47.1 Å². The molecule has 19 heavy (non-hydrogen) atoms. The van der Waals surface area contributed by atoms with Gasteiger partial charge in [0.15, 0.2) is 0 Å². The maximum Gasteiger partial charge on any atom is 0.336 e. The quantitative estimate of drug-likeness (QED) is 0.867. The third-order valence-corrected chi connectivity index (χ3v) is 5.10. The van der Waals surface area contributed by atoms with Gasteiger partial charge in [0.1, 0.15) is 4.21 Å². The fraction of sp³-hybridized carbons (Fsp3) is 0.0909. The second-order valence-corrected chi connectivity index (χ2v) is 6.51. The van der Waals surface area contributed by atoms with Gasteiger partial charge in [-0.2, -0.15) is 0 Å². The Morgan fingerprint density at radius 1 is 1.42 bits per heavy atom. The molecule has 0 amide bonds. The van der Waals surface area contributed by atoms with Crippen molar-refractivity contribution in [1.82, 2.24) is 9.71 Å². The van der Waals surface area contributed by atoms with Gasteiger partial charge in [0.2, 0.25) is 10.0 Å². The van der Waals surface area contributed by atoms with Crippen LogP contribution in [-0.2, 0) is 16.6 Å². The van der Waals surface area contributed by atoms with E-state index < -0.39 is 16.0 Å². The van der Waals surface area contributed by atoms with Gasteiger partial charge in [-0.3, -0.25) is 4.98 Å². The second-order valence-electron chi connectivity index (χ2n) is 3.61. The SMILES string of the molecule is O=C(O)c1csc(S(=O)(=O)NCc2ccccn2)c1. The number of thiophene rings is 1. The van der Waals surface area contributed by atoms with Crippen LogP contribution in [0.3, 0.4) is 0 Å². The molecule has 0 saturated heterocycles. The molecule has 2 N–H and O–H groups in total. The van der Waals surface area contributed by atoms with Gasteiger partial charge < -0.3 is 5.11 Å². The molecule has 0 aromatic carbocycles. The summed E-state index contributed by atoms with van der Waals surface area (Å²) in [5.41, 5.74) is 0.546. The minimum Gasteiger partial charge on any atom is -0.478 e. The summed E-state index contributed by atoms with van der Waals surface area (Å²) in [5, 5.41) is 10.0. The summed E-state index contributed by atoms with van der Waals surface area (Å²) in [5.74, 6) is -1.15. The Hall–Kier alpha value is -1.77. The van der Waals surface area contributed by atoms with E-state index in [9.17, 15) is 13.2 Å². The summed E-state index contributed by atoms with van der Waals surface area (Å²) in [6.07, 6.45) is 1.57. The smallest absolute Gasteiger partial charge is 0.336 e. The van der Waals surface area contributed by atoms with Gasteiger partial charge in [0.25, 0.3) is 0 Å². The largest absolute Gasteiger partial charge is 0.478 e. The van der Waals surface area contributed by atoms with Crippen LogP contribution in [0, 0.1) is 0 Å². The van der Waals surface area contributed by atoms with Gasteiger partial charge in [-0.1, -0.05) is 6.07 Å². The first-order valence-electron chi connectivity index (χ1n) is 5.20. The number of carbonyl (C=O) groups is 1. The summed E-state index contributed by atoms with van der Waals surface area (Å²) in [6, 6.07) is 6.31. The summed E-state index contributed by atoms with van der Waals surface area (Å²) in [4.78, 5) is 14.7. The highest BCUT2D eigenvalue weighted by molar-refractivity contribution is 7.91. The molecule has 0 spiro atoms. The summed E-state index contributed by atoms with van der Waals surface area (Å²) in [7, 11) is -3.71.